The Bertz CT molecular complexity index is 1170. The molecule has 5 nitrogen and oxygen atoms in total. The van der Waals surface area contributed by atoms with Gasteiger partial charge in [0.25, 0.3) is 5.91 Å². The highest BCUT2D eigenvalue weighted by atomic mass is 16.5. The first-order chi connectivity index (χ1) is 14.2. The van der Waals surface area contributed by atoms with E-state index < -0.39 is 0 Å². The Kier molecular flexibility index (Phi) is 5.20. The van der Waals surface area contributed by atoms with Gasteiger partial charge in [0.05, 0.1) is 18.2 Å². The van der Waals surface area contributed by atoms with E-state index in [9.17, 15) is 4.79 Å². The zero-order valence-electron chi connectivity index (χ0n) is 16.3. The maximum atomic E-state index is 13.2. The molecule has 0 bridgehead atoms. The lowest BCUT2D eigenvalue weighted by Gasteiger charge is -2.12. The van der Waals surface area contributed by atoms with Crippen LogP contribution in [0.2, 0.25) is 0 Å². The molecule has 1 amide bonds. The van der Waals surface area contributed by atoms with Crippen LogP contribution in [0.5, 0.6) is 5.75 Å². The fraction of sp³-hybridized carbons (Fsp3) is 0.125. The van der Waals surface area contributed by atoms with Gasteiger partial charge >= 0.3 is 0 Å². The molecular weight excluding hydrogens is 362 g/mol. The van der Waals surface area contributed by atoms with Crippen molar-refractivity contribution in [2.45, 2.75) is 13.5 Å². The van der Waals surface area contributed by atoms with Crippen LogP contribution in [0.25, 0.3) is 22.2 Å². The van der Waals surface area contributed by atoms with Crippen LogP contribution in [0.1, 0.15) is 21.5 Å². The van der Waals surface area contributed by atoms with Crippen molar-refractivity contribution in [1.82, 2.24) is 15.5 Å². The van der Waals surface area contributed by atoms with Crippen LogP contribution in [-0.2, 0) is 6.54 Å². The van der Waals surface area contributed by atoms with Crippen molar-refractivity contribution < 1.29 is 9.53 Å². The van der Waals surface area contributed by atoms with Gasteiger partial charge in [0.2, 0.25) is 0 Å². The number of carbonyl (C=O) groups excluding carboxylic acids is 1. The standard InChI is InChI=1S/C24H21N3O2/c1-16-10-12-18(13-11-16)23-22(20-8-3-4-9-21(20)26-27-23)24(28)25-15-17-6-5-7-19(14-17)29-2/h3-14H,15H2,1-2H3,(H,25,28). The molecule has 29 heavy (non-hydrogen) atoms. The van der Waals surface area contributed by atoms with Gasteiger partial charge in [0.15, 0.2) is 0 Å². The third kappa shape index (κ3) is 3.94. The highest BCUT2D eigenvalue weighted by molar-refractivity contribution is 6.10. The molecule has 1 heterocycles. The zero-order valence-corrected chi connectivity index (χ0v) is 16.3. The molecule has 0 aliphatic heterocycles. The molecule has 0 atom stereocenters. The summed E-state index contributed by atoms with van der Waals surface area (Å²) >= 11 is 0. The summed E-state index contributed by atoms with van der Waals surface area (Å²) in [5, 5.41) is 12.5. The second kappa shape index (κ2) is 8.10. The smallest absolute Gasteiger partial charge is 0.254 e. The van der Waals surface area contributed by atoms with Gasteiger partial charge in [0, 0.05) is 17.5 Å². The molecule has 0 spiro atoms. The molecule has 1 N–H and O–H groups in total. The Hall–Kier alpha value is -3.73. The van der Waals surface area contributed by atoms with E-state index in [1.54, 1.807) is 7.11 Å². The third-order valence-corrected chi connectivity index (χ3v) is 4.81. The minimum absolute atomic E-state index is 0.186. The lowest BCUT2D eigenvalue weighted by Crippen LogP contribution is -2.24. The highest BCUT2D eigenvalue weighted by Gasteiger charge is 2.19. The number of amides is 1. The van der Waals surface area contributed by atoms with Crippen LogP contribution in [0, 0.1) is 6.92 Å². The maximum absolute atomic E-state index is 13.2. The topological polar surface area (TPSA) is 64.1 Å². The average Bonchev–Trinajstić information content (AvgIpc) is 2.77. The summed E-state index contributed by atoms with van der Waals surface area (Å²) in [5.74, 6) is 0.572. The second-order valence-electron chi connectivity index (χ2n) is 6.84. The van der Waals surface area contributed by atoms with Crippen molar-refractivity contribution in [3.63, 3.8) is 0 Å². The van der Waals surface area contributed by atoms with E-state index in [4.69, 9.17) is 4.74 Å². The summed E-state index contributed by atoms with van der Waals surface area (Å²) < 4.78 is 5.26. The molecule has 3 aromatic carbocycles. The summed E-state index contributed by atoms with van der Waals surface area (Å²) in [7, 11) is 1.63. The quantitative estimate of drug-likeness (QED) is 0.549. The third-order valence-electron chi connectivity index (χ3n) is 4.81. The summed E-state index contributed by atoms with van der Waals surface area (Å²) in [4.78, 5) is 13.2. The number of nitrogens with zero attached hydrogens (tertiary/aromatic N) is 2. The minimum atomic E-state index is -0.186. The molecule has 5 heteroatoms. The van der Waals surface area contributed by atoms with Crippen LogP contribution >= 0.6 is 0 Å². The monoisotopic (exact) mass is 383 g/mol. The first-order valence-electron chi connectivity index (χ1n) is 9.39. The number of rotatable bonds is 5. The number of benzene rings is 3. The summed E-state index contributed by atoms with van der Waals surface area (Å²) in [6.07, 6.45) is 0. The van der Waals surface area contributed by atoms with E-state index in [2.05, 4.69) is 15.5 Å². The van der Waals surface area contributed by atoms with E-state index in [1.165, 1.54) is 0 Å². The van der Waals surface area contributed by atoms with Crippen molar-refractivity contribution in [2.75, 3.05) is 7.11 Å². The first kappa shape index (κ1) is 18.6. The number of ether oxygens (including phenoxy) is 1. The molecule has 1 aromatic heterocycles. The Morgan fingerprint density at radius 3 is 2.55 bits per heavy atom. The van der Waals surface area contributed by atoms with Gasteiger partial charge in [-0.2, -0.15) is 0 Å². The second-order valence-corrected chi connectivity index (χ2v) is 6.84. The number of nitrogens with one attached hydrogen (secondary N) is 1. The van der Waals surface area contributed by atoms with Gasteiger partial charge in [0.1, 0.15) is 11.4 Å². The molecule has 0 aliphatic rings. The molecule has 0 radical (unpaired) electrons. The molecule has 144 valence electrons. The number of hydrogen-bond donors (Lipinski definition) is 1. The molecule has 0 saturated heterocycles. The molecule has 4 rings (SSSR count). The number of hydrogen-bond acceptors (Lipinski definition) is 4. The molecule has 0 fully saturated rings. The van der Waals surface area contributed by atoms with Gasteiger partial charge in [-0.05, 0) is 30.7 Å². The van der Waals surface area contributed by atoms with Gasteiger partial charge < -0.3 is 10.1 Å². The number of aryl methyl sites for hydroxylation is 1. The molecule has 0 saturated carbocycles. The van der Waals surface area contributed by atoms with E-state index >= 15 is 0 Å². The molecule has 4 aromatic rings. The Labute approximate surface area is 169 Å². The van der Waals surface area contributed by atoms with Crippen LogP contribution < -0.4 is 10.1 Å². The van der Waals surface area contributed by atoms with Crippen LogP contribution in [0.3, 0.4) is 0 Å². The maximum Gasteiger partial charge on any atom is 0.254 e. The molecule has 0 aliphatic carbocycles. The van der Waals surface area contributed by atoms with Crippen LogP contribution in [0.15, 0.2) is 72.8 Å². The Morgan fingerprint density at radius 2 is 1.76 bits per heavy atom. The predicted octanol–water partition coefficient (Wildman–Crippen LogP) is 4.54. The number of methoxy groups -OCH3 is 1. The molecule has 0 unspecified atom stereocenters. The Morgan fingerprint density at radius 1 is 0.966 bits per heavy atom. The Balaban J connectivity index is 1.73. The van der Waals surface area contributed by atoms with Gasteiger partial charge in [-0.25, -0.2) is 0 Å². The van der Waals surface area contributed by atoms with Crippen molar-refractivity contribution in [3.8, 4) is 17.0 Å². The average molecular weight is 383 g/mol. The first-order valence-corrected chi connectivity index (χ1v) is 9.39. The fourth-order valence-corrected chi connectivity index (χ4v) is 3.25. The van der Waals surface area contributed by atoms with E-state index in [0.717, 1.165) is 27.8 Å². The van der Waals surface area contributed by atoms with Crippen molar-refractivity contribution in [1.29, 1.82) is 0 Å². The largest absolute Gasteiger partial charge is 0.497 e. The van der Waals surface area contributed by atoms with Gasteiger partial charge in [-0.15, -0.1) is 10.2 Å². The van der Waals surface area contributed by atoms with Gasteiger partial charge in [-0.3, -0.25) is 4.79 Å². The number of carbonyl (C=O) groups is 1. The van der Waals surface area contributed by atoms with E-state index in [-0.39, 0.29) is 5.91 Å². The number of fused-ring (bicyclic) bond motifs is 1. The van der Waals surface area contributed by atoms with Gasteiger partial charge in [-0.1, -0.05) is 60.2 Å². The SMILES string of the molecule is COc1cccc(CNC(=O)c2c(-c3ccc(C)cc3)nnc3ccccc23)c1. The normalized spacial score (nSPS) is 10.7. The summed E-state index contributed by atoms with van der Waals surface area (Å²) in [5.41, 5.74) is 4.76. The number of aromatic nitrogens is 2. The summed E-state index contributed by atoms with van der Waals surface area (Å²) in [6, 6.07) is 23.1. The van der Waals surface area contributed by atoms with Crippen LogP contribution in [-0.4, -0.2) is 23.2 Å². The minimum Gasteiger partial charge on any atom is -0.497 e. The predicted molar refractivity (Wildman–Crippen MR) is 114 cm³/mol. The van der Waals surface area contributed by atoms with E-state index in [1.807, 2.05) is 79.7 Å². The van der Waals surface area contributed by atoms with Crippen molar-refractivity contribution in [3.05, 3.63) is 89.5 Å². The summed E-state index contributed by atoms with van der Waals surface area (Å²) in [6.45, 7) is 2.41. The van der Waals surface area contributed by atoms with Crippen molar-refractivity contribution >= 4 is 16.8 Å². The van der Waals surface area contributed by atoms with Crippen molar-refractivity contribution in [2.24, 2.45) is 0 Å². The lowest BCUT2D eigenvalue weighted by molar-refractivity contribution is 0.0952. The van der Waals surface area contributed by atoms with E-state index in [0.29, 0.717) is 23.3 Å². The zero-order chi connectivity index (χ0) is 20.2. The lowest BCUT2D eigenvalue weighted by atomic mass is 10.0. The molecular formula is C24H21N3O2. The fourth-order valence-electron chi connectivity index (χ4n) is 3.25. The van der Waals surface area contributed by atoms with Crippen LogP contribution in [0.4, 0.5) is 0 Å². The highest BCUT2D eigenvalue weighted by Crippen LogP contribution is 2.27.